The molecule has 2 aromatic heterocycles. The van der Waals surface area contributed by atoms with Crippen LogP contribution in [-0.4, -0.2) is 27.4 Å². The molecule has 2 heterocycles. The first-order valence-electron chi connectivity index (χ1n) is 8.01. The number of fused-ring (bicyclic) bond motifs is 1. The Morgan fingerprint density at radius 3 is 2.96 bits per heavy atom. The largest absolute Gasteiger partial charge is 0.349 e. The molecule has 0 unspecified atom stereocenters. The third-order valence-electron chi connectivity index (χ3n) is 3.63. The van der Waals surface area contributed by atoms with Gasteiger partial charge in [-0.2, -0.15) is 5.10 Å². The van der Waals surface area contributed by atoms with Crippen LogP contribution in [0.15, 0.2) is 46.0 Å². The van der Waals surface area contributed by atoms with E-state index in [4.69, 9.17) is 0 Å². The van der Waals surface area contributed by atoms with Gasteiger partial charge in [-0.3, -0.25) is 4.79 Å². The van der Waals surface area contributed by atoms with Crippen LogP contribution in [0, 0.1) is 6.92 Å². The van der Waals surface area contributed by atoms with Crippen LogP contribution in [0.3, 0.4) is 0 Å². The summed E-state index contributed by atoms with van der Waals surface area (Å²) in [6, 6.07) is 10.4. The molecule has 0 radical (unpaired) electrons. The van der Waals surface area contributed by atoms with Gasteiger partial charge in [-0.25, -0.2) is 10.4 Å². The molecule has 3 rings (SSSR count). The molecule has 0 aliphatic rings. The van der Waals surface area contributed by atoms with Crippen LogP contribution in [-0.2, 0) is 4.79 Å². The molecule has 25 heavy (non-hydrogen) atoms. The minimum absolute atomic E-state index is 0.138. The summed E-state index contributed by atoms with van der Waals surface area (Å²) >= 11 is 3.03. The predicted molar refractivity (Wildman–Crippen MR) is 106 cm³/mol. The summed E-state index contributed by atoms with van der Waals surface area (Å²) in [5, 5.41) is 4.04. The van der Waals surface area contributed by atoms with E-state index in [1.54, 1.807) is 17.6 Å². The minimum atomic E-state index is -0.138. The number of carbonyl (C=O) groups excluding carboxylic acids is 1. The van der Waals surface area contributed by atoms with Gasteiger partial charge in [0, 0.05) is 23.5 Å². The lowest BCUT2D eigenvalue weighted by molar-refractivity contribution is -0.118. The van der Waals surface area contributed by atoms with E-state index in [1.165, 1.54) is 17.5 Å². The number of aryl methyl sites for hydroxylation is 1. The number of nitrogens with one attached hydrogen (secondary N) is 1. The van der Waals surface area contributed by atoms with Gasteiger partial charge in [-0.1, -0.05) is 23.9 Å². The van der Waals surface area contributed by atoms with Gasteiger partial charge in [-0.15, -0.1) is 11.3 Å². The highest BCUT2D eigenvalue weighted by atomic mass is 32.2. The average Bonchev–Trinajstić information content (AvgIpc) is 3.16. The van der Waals surface area contributed by atoms with Crippen LogP contribution in [0.25, 0.3) is 10.2 Å². The van der Waals surface area contributed by atoms with Crippen LogP contribution in [0.1, 0.15) is 31.1 Å². The van der Waals surface area contributed by atoms with Crippen LogP contribution in [0.5, 0.6) is 0 Å². The predicted octanol–water partition coefficient (Wildman–Crippen LogP) is 4.23. The molecule has 0 spiro atoms. The zero-order valence-electron chi connectivity index (χ0n) is 14.4. The van der Waals surface area contributed by atoms with Gasteiger partial charge in [0.1, 0.15) is 0 Å². The topological polar surface area (TPSA) is 59.3 Å². The molecule has 1 amide bonds. The smallest absolute Gasteiger partial charge is 0.250 e. The molecule has 7 heteroatoms. The Hall–Kier alpha value is -2.12. The maximum absolute atomic E-state index is 11.9. The normalized spacial score (nSPS) is 11.7. The summed E-state index contributed by atoms with van der Waals surface area (Å²) in [7, 11) is 0. The van der Waals surface area contributed by atoms with Gasteiger partial charge < -0.3 is 4.57 Å². The van der Waals surface area contributed by atoms with Gasteiger partial charge >= 0.3 is 0 Å². The van der Waals surface area contributed by atoms with Crippen LogP contribution in [0.4, 0.5) is 0 Å². The van der Waals surface area contributed by atoms with E-state index in [2.05, 4.69) is 40.8 Å². The van der Waals surface area contributed by atoms with Crippen LogP contribution < -0.4 is 5.43 Å². The number of aromatic nitrogens is 2. The van der Waals surface area contributed by atoms with Gasteiger partial charge in [0.2, 0.25) is 0 Å². The van der Waals surface area contributed by atoms with Crippen molar-refractivity contribution in [3.05, 3.63) is 47.8 Å². The summed E-state index contributed by atoms with van der Waals surface area (Å²) in [5.74, 6) is 0.156. The quantitative estimate of drug-likeness (QED) is 0.400. The summed E-state index contributed by atoms with van der Waals surface area (Å²) in [4.78, 5) is 16.4. The highest BCUT2D eigenvalue weighted by Gasteiger charge is 2.07. The molecule has 1 N–H and O–H groups in total. The molecule has 0 fully saturated rings. The molecule has 0 saturated carbocycles. The van der Waals surface area contributed by atoms with E-state index in [0.717, 1.165) is 20.1 Å². The fourth-order valence-electron chi connectivity index (χ4n) is 2.49. The monoisotopic (exact) mass is 372 g/mol. The van der Waals surface area contributed by atoms with E-state index in [9.17, 15) is 4.79 Å². The van der Waals surface area contributed by atoms with Gasteiger partial charge in [0.05, 0.1) is 22.2 Å². The van der Waals surface area contributed by atoms with Crippen molar-refractivity contribution in [1.82, 2.24) is 15.0 Å². The molecule has 1 aromatic carbocycles. The average molecular weight is 373 g/mol. The molecule has 0 saturated heterocycles. The lowest BCUT2D eigenvalue weighted by Gasteiger charge is -2.08. The second-order valence-corrected chi connectivity index (χ2v) is 8.20. The highest BCUT2D eigenvalue weighted by molar-refractivity contribution is 8.01. The molecule has 0 aliphatic heterocycles. The Morgan fingerprint density at radius 2 is 2.24 bits per heavy atom. The number of para-hydroxylation sites is 1. The summed E-state index contributed by atoms with van der Waals surface area (Å²) in [6.07, 6.45) is 3.71. The highest BCUT2D eigenvalue weighted by Crippen LogP contribution is 2.28. The third-order valence-corrected chi connectivity index (χ3v) is 5.81. The second-order valence-electron chi connectivity index (χ2n) is 5.95. The number of nitrogens with zero attached hydrogens (tertiary/aromatic N) is 3. The van der Waals surface area contributed by atoms with Crippen molar-refractivity contribution in [1.29, 1.82) is 0 Å². The first kappa shape index (κ1) is 17.7. The number of benzene rings is 1. The van der Waals surface area contributed by atoms with Crippen molar-refractivity contribution in [3.8, 4) is 0 Å². The lowest BCUT2D eigenvalue weighted by atomic mass is 10.3. The van der Waals surface area contributed by atoms with E-state index in [0.29, 0.717) is 11.8 Å². The molecule has 0 bridgehead atoms. The lowest BCUT2D eigenvalue weighted by Crippen LogP contribution is -2.19. The number of rotatable bonds is 6. The van der Waals surface area contributed by atoms with Crippen molar-refractivity contribution in [2.45, 2.75) is 31.2 Å². The number of hydrazone groups is 1. The van der Waals surface area contributed by atoms with E-state index >= 15 is 0 Å². The molecule has 5 nitrogen and oxygen atoms in total. The Kier molecular flexibility index (Phi) is 5.55. The number of thiazole rings is 1. The summed E-state index contributed by atoms with van der Waals surface area (Å²) < 4.78 is 4.20. The minimum Gasteiger partial charge on any atom is -0.349 e. The molecule has 3 aromatic rings. The second kappa shape index (κ2) is 7.84. The van der Waals surface area contributed by atoms with Crippen molar-refractivity contribution in [3.63, 3.8) is 0 Å². The van der Waals surface area contributed by atoms with Crippen molar-refractivity contribution in [2.24, 2.45) is 5.10 Å². The van der Waals surface area contributed by atoms with E-state index in [-0.39, 0.29) is 5.91 Å². The van der Waals surface area contributed by atoms with E-state index < -0.39 is 0 Å². The van der Waals surface area contributed by atoms with Crippen molar-refractivity contribution in [2.75, 3.05) is 5.75 Å². The molecule has 0 aliphatic carbocycles. The van der Waals surface area contributed by atoms with Gasteiger partial charge in [0.15, 0.2) is 4.34 Å². The summed E-state index contributed by atoms with van der Waals surface area (Å²) in [5.41, 5.74) is 5.69. The molecular weight excluding hydrogens is 352 g/mol. The number of amides is 1. The van der Waals surface area contributed by atoms with Crippen LogP contribution >= 0.6 is 23.1 Å². The van der Waals surface area contributed by atoms with Crippen LogP contribution in [0.2, 0.25) is 0 Å². The molecule has 130 valence electrons. The number of carbonyl (C=O) groups is 1. The summed E-state index contributed by atoms with van der Waals surface area (Å²) in [6.45, 7) is 6.33. The number of thioether (sulfide) groups is 1. The first-order valence-corrected chi connectivity index (χ1v) is 9.82. The fourth-order valence-corrected chi connectivity index (χ4v) is 4.35. The van der Waals surface area contributed by atoms with Crippen molar-refractivity contribution >= 4 is 45.4 Å². The van der Waals surface area contributed by atoms with Gasteiger partial charge in [0.25, 0.3) is 5.91 Å². The Bertz CT molecular complexity index is 878. The first-order chi connectivity index (χ1) is 12.0. The SMILES string of the molecule is Cc1cc(/C=N/NC(=O)CSc2nc3ccccc3s2)cn1C(C)C. The Labute approximate surface area is 155 Å². The maximum Gasteiger partial charge on any atom is 0.250 e. The molecular formula is C18H20N4OS2. The van der Waals surface area contributed by atoms with Gasteiger partial charge in [-0.05, 0) is 39.0 Å². The molecule has 0 atom stereocenters. The number of hydrogen-bond acceptors (Lipinski definition) is 5. The van der Waals surface area contributed by atoms with Crippen molar-refractivity contribution < 1.29 is 4.79 Å². The Balaban J connectivity index is 1.51. The fraction of sp³-hybridized carbons (Fsp3) is 0.278. The standard InChI is InChI=1S/C18H20N4OS2/c1-12(2)22-10-14(8-13(22)3)9-19-21-17(23)11-24-18-20-15-6-4-5-7-16(15)25-18/h4-10,12H,11H2,1-3H3,(H,21,23)/b19-9+. The zero-order valence-corrected chi connectivity index (χ0v) is 16.0. The Morgan fingerprint density at radius 1 is 1.44 bits per heavy atom. The van der Waals surface area contributed by atoms with E-state index in [1.807, 2.05) is 36.5 Å². The zero-order chi connectivity index (χ0) is 17.8. The maximum atomic E-state index is 11.9. The third kappa shape index (κ3) is 4.49. The number of hydrogen-bond donors (Lipinski definition) is 1.